The Morgan fingerprint density at radius 1 is 0.574 bits per heavy atom. The van der Waals surface area contributed by atoms with Gasteiger partial charge in [0.05, 0.1) is 11.4 Å². The minimum absolute atomic E-state index is 0.345. The fourth-order valence-electron chi connectivity index (χ4n) is 10.6. The summed E-state index contributed by atoms with van der Waals surface area (Å²) in [7, 11) is 0. The summed E-state index contributed by atoms with van der Waals surface area (Å²) in [4.78, 5) is 30.4. The van der Waals surface area contributed by atoms with E-state index in [2.05, 4.69) is 82.5 Å². The monoisotopic (exact) mass is 732 g/mol. The third kappa shape index (κ3) is 8.08. The minimum atomic E-state index is 0.345. The van der Waals surface area contributed by atoms with Gasteiger partial charge in [0.2, 0.25) is 11.8 Å². The van der Waals surface area contributed by atoms with Gasteiger partial charge in [-0.05, 0) is 153 Å². The summed E-state index contributed by atoms with van der Waals surface area (Å²) >= 11 is 0. The van der Waals surface area contributed by atoms with Gasteiger partial charge in [0.15, 0.2) is 0 Å². The zero-order valence-electron chi connectivity index (χ0n) is 33.4. The van der Waals surface area contributed by atoms with E-state index in [1.165, 1.54) is 59.1 Å². The molecule has 2 amide bonds. The van der Waals surface area contributed by atoms with Gasteiger partial charge in [-0.25, -0.2) is 0 Å². The summed E-state index contributed by atoms with van der Waals surface area (Å²) in [6.45, 7) is 12.3. The van der Waals surface area contributed by atoms with Crippen LogP contribution in [-0.2, 0) is 22.4 Å². The Morgan fingerprint density at radius 3 is 1.24 bits per heavy atom. The molecule has 0 radical (unpaired) electrons. The number of hydrogen-bond acceptors (Lipinski definition) is 6. The summed E-state index contributed by atoms with van der Waals surface area (Å²) in [5.41, 5.74) is 10.0. The molecule has 4 saturated heterocycles. The fraction of sp³-hybridized carbons (Fsp3) is 0.565. The molecule has 0 aliphatic carbocycles. The molecule has 8 heteroatoms. The lowest BCUT2D eigenvalue weighted by molar-refractivity contribution is -0.136. The largest absolute Gasteiger partial charge is 0.361 e. The number of carbonyl (C=O) groups excluding carboxylic acids is 2. The Hall–Kier alpha value is -4.20. The molecular formula is C46H60N4O4. The Balaban J connectivity index is 0.000000167. The molecule has 2 aromatic heterocycles. The molecule has 0 spiro atoms. The molecule has 8 rings (SSSR count). The maximum absolute atomic E-state index is 13.0. The van der Waals surface area contributed by atoms with Crippen LogP contribution in [0.5, 0.6) is 0 Å². The van der Waals surface area contributed by atoms with Crippen molar-refractivity contribution in [3.63, 3.8) is 0 Å². The van der Waals surface area contributed by atoms with Crippen LogP contribution in [0, 0.1) is 41.5 Å². The molecule has 4 aliphatic rings. The van der Waals surface area contributed by atoms with E-state index in [1.54, 1.807) is 0 Å². The number of aromatic nitrogens is 2. The number of carbonyl (C=O) groups is 2. The van der Waals surface area contributed by atoms with Crippen molar-refractivity contribution in [3.8, 4) is 0 Å². The smallest absolute Gasteiger partial charge is 0.223 e. The molecule has 4 fully saturated rings. The number of benzene rings is 2. The Bertz CT molecular complexity index is 1720. The lowest BCUT2D eigenvalue weighted by Gasteiger charge is -2.39. The topological polar surface area (TPSA) is 92.7 Å². The van der Waals surface area contributed by atoms with E-state index in [-0.39, 0.29) is 0 Å². The van der Waals surface area contributed by atoms with Gasteiger partial charge in [-0.2, -0.15) is 0 Å². The van der Waals surface area contributed by atoms with E-state index in [4.69, 9.17) is 9.05 Å². The standard InChI is InChI=1S/2C23H30N2O2/c2*1-15-7-4-5-8-21(15)18-13-19-11-12-20(14-18)25(19)23(26)10-6-9-22-16(2)24-27-17(22)3/h2*4-5,7-8,18-20H,6,9-14H2,1-3H3. The molecule has 4 aromatic rings. The maximum Gasteiger partial charge on any atom is 0.223 e. The Kier molecular flexibility index (Phi) is 11.8. The highest BCUT2D eigenvalue weighted by atomic mass is 16.5. The van der Waals surface area contributed by atoms with Gasteiger partial charge in [-0.3, -0.25) is 9.59 Å². The first-order chi connectivity index (χ1) is 26.1. The lowest BCUT2D eigenvalue weighted by Crippen LogP contribution is -2.46. The summed E-state index contributed by atoms with van der Waals surface area (Å²) in [5.74, 6) is 3.68. The van der Waals surface area contributed by atoms with Gasteiger partial charge in [0.1, 0.15) is 11.5 Å². The molecule has 54 heavy (non-hydrogen) atoms. The quantitative estimate of drug-likeness (QED) is 0.161. The molecule has 0 N–H and O–H groups in total. The minimum Gasteiger partial charge on any atom is -0.361 e. The van der Waals surface area contributed by atoms with Gasteiger partial charge < -0.3 is 18.8 Å². The third-order valence-corrected chi connectivity index (χ3v) is 13.3. The van der Waals surface area contributed by atoms with Crippen LogP contribution in [0.4, 0.5) is 0 Å². The van der Waals surface area contributed by atoms with Crippen molar-refractivity contribution in [2.75, 3.05) is 0 Å². The van der Waals surface area contributed by atoms with Gasteiger partial charge in [0, 0.05) is 48.1 Å². The second-order valence-electron chi connectivity index (χ2n) is 16.7. The van der Waals surface area contributed by atoms with E-state index in [9.17, 15) is 9.59 Å². The van der Waals surface area contributed by atoms with Crippen molar-refractivity contribution in [3.05, 3.63) is 105 Å². The molecule has 4 unspecified atom stereocenters. The second-order valence-corrected chi connectivity index (χ2v) is 16.7. The highest BCUT2D eigenvalue weighted by molar-refractivity contribution is 5.78. The van der Waals surface area contributed by atoms with Crippen LogP contribution in [0.3, 0.4) is 0 Å². The molecular weight excluding hydrogens is 673 g/mol. The molecule has 6 heterocycles. The van der Waals surface area contributed by atoms with Crippen molar-refractivity contribution in [2.45, 2.75) is 167 Å². The van der Waals surface area contributed by atoms with Crippen LogP contribution in [0.1, 0.15) is 145 Å². The molecule has 2 aromatic carbocycles. The highest BCUT2D eigenvalue weighted by Crippen LogP contribution is 2.45. The Morgan fingerprint density at radius 2 is 0.926 bits per heavy atom. The molecule has 4 bridgehead atoms. The van der Waals surface area contributed by atoms with E-state index < -0.39 is 0 Å². The normalized spacial score (nSPS) is 24.4. The number of fused-ring (bicyclic) bond motifs is 4. The molecule has 4 aliphatic heterocycles. The number of aryl methyl sites for hydroxylation is 6. The van der Waals surface area contributed by atoms with Crippen LogP contribution >= 0.6 is 0 Å². The van der Waals surface area contributed by atoms with Gasteiger partial charge in [-0.1, -0.05) is 58.8 Å². The zero-order valence-corrected chi connectivity index (χ0v) is 33.4. The van der Waals surface area contributed by atoms with Crippen LogP contribution in [0.2, 0.25) is 0 Å². The van der Waals surface area contributed by atoms with Crippen molar-refractivity contribution in [2.24, 2.45) is 0 Å². The van der Waals surface area contributed by atoms with E-state index in [0.717, 1.165) is 74.3 Å². The van der Waals surface area contributed by atoms with Crippen LogP contribution < -0.4 is 0 Å². The van der Waals surface area contributed by atoms with E-state index >= 15 is 0 Å². The number of nitrogens with zero attached hydrogens (tertiary/aromatic N) is 4. The predicted octanol–water partition coefficient (Wildman–Crippen LogP) is 9.72. The third-order valence-electron chi connectivity index (χ3n) is 13.3. The van der Waals surface area contributed by atoms with Crippen molar-refractivity contribution < 1.29 is 18.6 Å². The molecule has 0 saturated carbocycles. The molecule has 4 atom stereocenters. The Labute approximate surface area is 322 Å². The first-order valence-electron chi connectivity index (χ1n) is 20.7. The summed E-state index contributed by atoms with van der Waals surface area (Å²) in [5, 5.41) is 8.02. The van der Waals surface area contributed by atoms with Crippen LogP contribution in [0.15, 0.2) is 57.6 Å². The summed E-state index contributed by atoms with van der Waals surface area (Å²) in [6, 6.07) is 19.2. The molecule has 8 nitrogen and oxygen atoms in total. The van der Waals surface area contributed by atoms with Crippen molar-refractivity contribution in [1.82, 2.24) is 20.1 Å². The maximum atomic E-state index is 13.0. The lowest BCUT2D eigenvalue weighted by atomic mass is 9.83. The first kappa shape index (κ1) is 38.1. The SMILES string of the molecule is Cc1ccccc1C1CC2CCC(C1)N2C(=O)CCCc1c(C)noc1C.Cc1ccccc1C1CC2CCC(C1)N2C(=O)CCCc1c(C)noc1C. The van der Waals surface area contributed by atoms with Crippen molar-refractivity contribution in [1.29, 1.82) is 0 Å². The van der Waals surface area contributed by atoms with E-state index in [0.29, 0.717) is 60.7 Å². The average molecular weight is 733 g/mol. The predicted molar refractivity (Wildman–Crippen MR) is 211 cm³/mol. The van der Waals surface area contributed by atoms with E-state index in [1.807, 2.05) is 27.7 Å². The van der Waals surface area contributed by atoms with Gasteiger partial charge in [0.25, 0.3) is 0 Å². The van der Waals surface area contributed by atoms with Gasteiger partial charge >= 0.3 is 0 Å². The van der Waals surface area contributed by atoms with Crippen LogP contribution in [-0.4, -0.2) is 56.1 Å². The highest BCUT2D eigenvalue weighted by Gasteiger charge is 2.44. The molecule has 288 valence electrons. The number of piperidine rings is 2. The zero-order chi connectivity index (χ0) is 37.9. The average Bonchev–Trinajstić information content (AvgIpc) is 3.84. The first-order valence-corrected chi connectivity index (χ1v) is 20.7. The number of amides is 2. The summed E-state index contributed by atoms with van der Waals surface area (Å²) < 4.78 is 10.5. The van der Waals surface area contributed by atoms with Crippen LogP contribution in [0.25, 0.3) is 0 Å². The second kappa shape index (κ2) is 16.7. The number of rotatable bonds is 10. The fourth-order valence-corrected chi connectivity index (χ4v) is 10.6. The van der Waals surface area contributed by atoms with Gasteiger partial charge in [-0.15, -0.1) is 0 Å². The number of hydrogen-bond donors (Lipinski definition) is 0. The van der Waals surface area contributed by atoms with Crippen molar-refractivity contribution >= 4 is 11.8 Å². The summed E-state index contributed by atoms with van der Waals surface area (Å²) in [6.07, 6.45) is 13.9.